The molecule has 2 aromatic carbocycles. The molecule has 2 N–H and O–H groups in total. The summed E-state index contributed by atoms with van der Waals surface area (Å²) in [6.07, 6.45) is 3.78. The lowest BCUT2D eigenvalue weighted by molar-refractivity contribution is 0.331. The molecule has 25 heavy (non-hydrogen) atoms. The standard InChI is InChI=1S/C22H25N3/c1-2-12-25(11-1)15-16-5-3-6-17(13-16)22-19-9-10-23-14-18-7-4-8-20(24-22)21(18)19/h3-8,13,23-24H,1-2,9-12,14-15H2. The molecular formula is C22H25N3. The van der Waals surface area contributed by atoms with Crippen LogP contribution in [0, 0.1) is 0 Å². The number of benzene rings is 2. The number of nitrogens with zero attached hydrogens (tertiary/aromatic N) is 1. The van der Waals surface area contributed by atoms with Crippen LogP contribution in [0.2, 0.25) is 0 Å². The molecule has 128 valence electrons. The van der Waals surface area contributed by atoms with Crippen LogP contribution in [0.1, 0.15) is 29.5 Å². The van der Waals surface area contributed by atoms with Gasteiger partial charge in [-0.3, -0.25) is 4.90 Å². The molecule has 3 aromatic rings. The molecule has 5 rings (SSSR count). The SMILES string of the molecule is c1cc(CN2CCCC2)cc(-c2[nH]c3cccc4c3c2CCNC4)c1. The fraction of sp³-hybridized carbons (Fsp3) is 0.364. The molecule has 1 aromatic heterocycles. The molecule has 0 unspecified atom stereocenters. The highest BCUT2D eigenvalue weighted by molar-refractivity contribution is 5.93. The summed E-state index contributed by atoms with van der Waals surface area (Å²) >= 11 is 0. The first kappa shape index (κ1) is 15.2. The topological polar surface area (TPSA) is 31.1 Å². The zero-order valence-electron chi connectivity index (χ0n) is 14.6. The lowest BCUT2D eigenvalue weighted by Gasteiger charge is -2.15. The van der Waals surface area contributed by atoms with Crippen LogP contribution < -0.4 is 5.32 Å². The molecule has 2 aliphatic rings. The lowest BCUT2D eigenvalue weighted by atomic mass is 9.99. The number of aromatic nitrogens is 1. The number of hydrogen-bond acceptors (Lipinski definition) is 2. The van der Waals surface area contributed by atoms with Crippen LogP contribution >= 0.6 is 0 Å². The number of likely N-dealkylation sites (tertiary alicyclic amines) is 1. The Labute approximate surface area is 149 Å². The van der Waals surface area contributed by atoms with E-state index in [0.717, 1.165) is 26.1 Å². The number of rotatable bonds is 3. The predicted molar refractivity (Wildman–Crippen MR) is 104 cm³/mol. The van der Waals surface area contributed by atoms with Crippen LogP contribution in [0.4, 0.5) is 0 Å². The second kappa shape index (κ2) is 6.32. The van der Waals surface area contributed by atoms with Crippen LogP contribution in [0.3, 0.4) is 0 Å². The first-order chi connectivity index (χ1) is 12.4. The van der Waals surface area contributed by atoms with Crippen molar-refractivity contribution in [2.24, 2.45) is 0 Å². The molecular weight excluding hydrogens is 306 g/mol. The Morgan fingerprint density at radius 2 is 1.88 bits per heavy atom. The summed E-state index contributed by atoms with van der Waals surface area (Å²) in [6.45, 7) is 5.59. The van der Waals surface area contributed by atoms with Gasteiger partial charge in [-0.05, 0) is 73.3 Å². The van der Waals surface area contributed by atoms with Gasteiger partial charge in [0.25, 0.3) is 0 Å². The summed E-state index contributed by atoms with van der Waals surface area (Å²) in [5.74, 6) is 0. The van der Waals surface area contributed by atoms with Crippen molar-refractivity contribution in [1.29, 1.82) is 0 Å². The van der Waals surface area contributed by atoms with Crippen LogP contribution in [0.5, 0.6) is 0 Å². The minimum Gasteiger partial charge on any atom is -0.354 e. The van der Waals surface area contributed by atoms with E-state index in [2.05, 4.69) is 57.7 Å². The quantitative estimate of drug-likeness (QED) is 0.758. The largest absolute Gasteiger partial charge is 0.354 e. The Kier molecular flexibility index (Phi) is 3.84. The summed E-state index contributed by atoms with van der Waals surface area (Å²) < 4.78 is 0. The van der Waals surface area contributed by atoms with Crippen LogP contribution in [0.25, 0.3) is 22.2 Å². The van der Waals surface area contributed by atoms with Gasteiger partial charge in [-0.2, -0.15) is 0 Å². The molecule has 1 fully saturated rings. The second-order valence-electron chi connectivity index (χ2n) is 7.43. The van der Waals surface area contributed by atoms with E-state index in [1.54, 1.807) is 0 Å². The molecule has 0 radical (unpaired) electrons. The highest BCUT2D eigenvalue weighted by Gasteiger charge is 2.18. The lowest BCUT2D eigenvalue weighted by Crippen LogP contribution is -2.18. The van der Waals surface area contributed by atoms with E-state index in [-0.39, 0.29) is 0 Å². The minimum absolute atomic E-state index is 0.969. The van der Waals surface area contributed by atoms with E-state index in [9.17, 15) is 0 Å². The molecule has 3 heteroatoms. The zero-order chi connectivity index (χ0) is 16.6. The van der Waals surface area contributed by atoms with Crippen LogP contribution in [-0.2, 0) is 19.5 Å². The van der Waals surface area contributed by atoms with Crippen molar-refractivity contribution in [3.8, 4) is 11.3 Å². The van der Waals surface area contributed by atoms with E-state index >= 15 is 0 Å². The molecule has 3 heterocycles. The van der Waals surface area contributed by atoms with E-state index in [0.29, 0.717) is 0 Å². The molecule has 0 bridgehead atoms. The average molecular weight is 331 g/mol. The Morgan fingerprint density at radius 1 is 1.00 bits per heavy atom. The summed E-state index contributed by atoms with van der Waals surface area (Å²) in [7, 11) is 0. The van der Waals surface area contributed by atoms with Crippen molar-refractivity contribution >= 4 is 10.9 Å². The van der Waals surface area contributed by atoms with Gasteiger partial charge in [0.15, 0.2) is 0 Å². The molecule has 2 aliphatic heterocycles. The normalized spacial score (nSPS) is 17.9. The summed E-state index contributed by atoms with van der Waals surface area (Å²) in [5.41, 5.74) is 8.24. The Hall–Kier alpha value is -2.10. The maximum absolute atomic E-state index is 3.72. The molecule has 0 spiro atoms. The number of hydrogen-bond donors (Lipinski definition) is 2. The summed E-state index contributed by atoms with van der Waals surface area (Å²) in [5, 5.41) is 5.00. The van der Waals surface area contributed by atoms with E-state index < -0.39 is 0 Å². The van der Waals surface area contributed by atoms with E-state index in [1.165, 1.54) is 64.8 Å². The van der Waals surface area contributed by atoms with Gasteiger partial charge in [0.1, 0.15) is 0 Å². The van der Waals surface area contributed by atoms with E-state index in [1.807, 2.05) is 0 Å². The third kappa shape index (κ3) is 2.78. The Morgan fingerprint density at radius 3 is 2.80 bits per heavy atom. The molecule has 0 aliphatic carbocycles. The molecule has 3 nitrogen and oxygen atoms in total. The molecule has 0 atom stereocenters. The van der Waals surface area contributed by atoms with Crippen molar-refractivity contribution in [2.45, 2.75) is 32.4 Å². The average Bonchev–Trinajstić information content (AvgIpc) is 3.21. The van der Waals surface area contributed by atoms with Gasteiger partial charge in [0.2, 0.25) is 0 Å². The smallest absolute Gasteiger partial charge is 0.0498 e. The van der Waals surface area contributed by atoms with Gasteiger partial charge >= 0.3 is 0 Å². The zero-order valence-corrected chi connectivity index (χ0v) is 14.6. The van der Waals surface area contributed by atoms with Crippen molar-refractivity contribution < 1.29 is 0 Å². The summed E-state index contributed by atoms with van der Waals surface area (Å²) in [6, 6.07) is 15.8. The maximum Gasteiger partial charge on any atom is 0.0498 e. The monoisotopic (exact) mass is 331 g/mol. The fourth-order valence-electron chi connectivity index (χ4n) is 4.50. The Balaban J connectivity index is 1.57. The van der Waals surface area contributed by atoms with Crippen LogP contribution in [0.15, 0.2) is 42.5 Å². The highest BCUT2D eigenvalue weighted by Crippen LogP contribution is 2.34. The fourth-order valence-corrected chi connectivity index (χ4v) is 4.50. The number of aromatic amines is 1. The van der Waals surface area contributed by atoms with Gasteiger partial charge < -0.3 is 10.3 Å². The minimum atomic E-state index is 0.969. The number of nitrogens with one attached hydrogen (secondary N) is 2. The molecule has 0 amide bonds. The first-order valence-electron chi connectivity index (χ1n) is 9.53. The predicted octanol–water partition coefficient (Wildman–Crippen LogP) is 4.08. The number of H-pyrrole nitrogens is 1. The molecule has 0 saturated carbocycles. The highest BCUT2D eigenvalue weighted by atomic mass is 15.1. The molecule has 1 saturated heterocycles. The van der Waals surface area contributed by atoms with Gasteiger partial charge in [0.05, 0.1) is 0 Å². The van der Waals surface area contributed by atoms with Crippen molar-refractivity contribution in [2.75, 3.05) is 19.6 Å². The third-order valence-electron chi connectivity index (χ3n) is 5.70. The second-order valence-corrected chi connectivity index (χ2v) is 7.43. The summed E-state index contributed by atoms with van der Waals surface area (Å²) in [4.78, 5) is 6.29. The van der Waals surface area contributed by atoms with Gasteiger partial charge in [-0.25, -0.2) is 0 Å². The maximum atomic E-state index is 3.72. The van der Waals surface area contributed by atoms with Gasteiger partial charge in [-0.1, -0.05) is 30.3 Å². The first-order valence-corrected chi connectivity index (χ1v) is 9.53. The third-order valence-corrected chi connectivity index (χ3v) is 5.70. The van der Waals surface area contributed by atoms with Crippen molar-refractivity contribution in [3.63, 3.8) is 0 Å². The van der Waals surface area contributed by atoms with Gasteiger partial charge in [0, 0.05) is 29.7 Å². The van der Waals surface area contributed by atoms with E-state index in [4.69, 9.17) is 0 Å². The van der Waals surface area contributed by atoms with Crippen molar-refractivity contribution in [1.82, 2.24) is 15.2 Å². The van der Waals surface area contributed by atoms with Crippen molar-refractivity contribution in [3.05, 3.63) is 59.2 Å². The van der Waals surface area contributed by atoms with Gasteiger partial charge in [-0.15, -0.1) is 0 Å². The Bertz CT molecular complexity index is 903. The van der Waals surface area contributed by atoms with Crippen LogP contribution in [-0.4, -0.2) is 29.5 Å².